The predicted molar refractivity (Wildman–Crippen MR) is 124 cm³/mol. The summed E-state index contributed by atoms with van der Waals surface area (Å²) < 4.78 is 7.69. The molecule has 1 amide bonds. The fourth-order valence-corrected chi connectivity index (χ4v) is 5.36. The van der Waals surface area contributed by atoms with Crippen LogP contribution < -0.4 is 0 Å². The van der Waals surface area contributed by atoms with Crippen molar-refractivity contribution in [3.8, 4) is 0 Å². The molecule has 32 heavy (non-hydrogen) atoms. The van der Waals surface area contributed by atoms with Crippen molar-refractivity contribution in [2.24, 2.45) is 5.92 Å². The van der Waals surface area contributed by atoms with E-state index >= 15 is 0 Å². The molecule has 0 unspecified atom stereocenters. The van der Waals surface area contributed by atoms with Crippen molar-refractivity contribution in [2.45, 2.75) is 50.9 Å². The van der Waals surface area contributed by atoms with Crippen molar-refractivity contribution in [2.75, 3.05) is 26.3 Å². The fraction of sp³-hybridized carbons (Fsp3) is 0.500. The maximum atomic E-state index is 13.9. The third-order valence-corrected chi connectivity index (χ3v) is 7.33. The number of aryl methyl sites for hydroxylation is 1. The van der Waals surface area contributed by atoms with Gasteiger partial charge in [0, 0.05) is 44.9 Å². The third kappa shape index (κ3) is 4.16. The Kier molecular flexibility index (Phi) is 5.96. The van der Waals surface area contributed by atoms with Crippen molar-refractivity contribution in [3.63, 3.8) is 0 Å². The van der Waals surface area contributed by atoms with E-state index in [4.69, 9.17) is 4.74 Å². The lowest BCUT2D eigenvalue weighted by Gasteiger charge is -2.40. The van der Waals surface area contributed by atoms with Crippen molar-refractivity contribution in [1.29, 1.82) is 0 Å². The third-order valence-electron chi connectivity index (χ3n) is 7.33. The average molecular weight is 433 g/mol. The molecule has 0 saturated carbocycles. The van der Waals surface area contributed by atoms with Gasteiger partial charge in [-0.05, 0) is 56.9 Å². The van der Waals surface area contributed by atoms with Crippen molar-refractivity contribution < 1.29 is 9.53 Å². The van der Waals surface area contributed by atoms with Gasteiger partial charge in [-0.3, -0.25) is 9.78 Å². The molecule has 2 aliphatic rings. The van der Waals surface area contributed by atoms with Gasteiger partial charge in [0.2, 0.25) is 5.91 Å². The molecule has 2 aromatic heterocycles. The molecule has 0 N–H and O–H groups in total. The van der Waals surface area contributed by atoms with Gasteiger partial charge in [-0.2, -0.15) is 0 Å². The first-order valence-electron chi connectivity index (χ1n) is 11.9. The summed E-state index contributed by atoms with van der Waals surface area (Å²) in [6.07, 6.45) is 13.4. The first kappa shape index (κ1) is 21.1. The van der Waals surface area contributed by atoms with Crippen LogP contribution in [0.1, 0.15) is 48.9 Å². The number of rotatable bonds is 4. The Morgan fingerprint density at radius 3 is 2.75 bits per heavy atom. The van der Waals surface area contributed by atoms with Gasteiger partial charge in [-0.1, -0.05) is 29.8 Å². The second-order valence-electron chi connectivity index (χ2n) is 9.43. The zero-order valence-electron chi connectivity index (χ0n) is 18.9. The summed E-state index contributed by atoms with van der Waals surface area (Å²) in [6.45, 7) is 5.07. The SMILES string of the molecule is Cc1ccc(C2(C(=O)N3CCC[C@@H](Cc4cn5ccnc5cn4)CC3)CCOCC2)cc1. The molecule has 5 rings (SSSR count). The lowest BCUT2D eigenvalue weighted by atomic mass is 9.72. The molecule has 2 fully saturated rings. The lowest BCUT2D eigenvalue weighted by Crippen LogP contribution is -2.50. The molecular formula is C26H32N4O2. The van der Waals surface area contributed by atoms with Crippen LogP contribution in [-0.2, 0) is 21.4 Å². The summed E-state index contributed by atoms with van der Waals surface area (Å²) in [4.78, 5) is 25.0. The summed E-state index contributed by atoms with van der Waals surface area (Å²) in [5.41, 5.74) is 3.91. The standard InChI is InChI=1S/C26H32N4O2/c1-20-4-6-22(7-5-20)26(9-15-32-16-10-26)25(31)29-12-2-3-21(8-13-29)17-23-19-30-14-11-27-24(30)18-28-23/h4-7,11,14,18-19,21H,2-3,8-10,12-13,15-17H2,1H3/t21-/m1/s1. The second kappa shape index (κ2) is 9.02. The number of nitrogens with zero attached hydrogens (tertiary/aromatic N) is 4. The minimum absolute atomic E-state index is 0.295. The van der Waals surface area contributed by atoms with Crippen LogP contribution in [0.5, 0.6) is 0 Å². The highest BCUT2D eigenvalue weighted by Crippen LogP contribution is 2.38. The molecule has 2 saturated heterocycles. The van der Waals surface area contributed by atoms with Crippen LogP contribution in [0.3, 0.4) is 0 Å². The van der Waals surface area contributed by atoms with Crippen molar-refractivity contribution in [1.82, 2.24) is 19.3 Å². The van der Waals surface area contributed by atoms with E-state index in [-0.39, 0.29) is 0 Å². The van der Waals surface area contributed by atoms with Gasteiger partial charge < -0.3 is 14.0 Å². The van der Waals surface area contributed by atoms with Crippen LogP contribution in [0, 0.1) is 12.8 Å². The van der Waals surface area contributed by atoms with Crippen molar-refractivity contribution >= 4 is 11.6 Å². The minimum Gasteiger partial charge on any atom is -0.381 e. The number of benzene rings is 1. The fourth-order valence-electron chi connectivity index (χ4n) is 5.36. The van der Waals surface area contributed by atoms with Gasteiger partial charge in [0.1, 0.15) is 0 Å². The van der Waals surface area contributed by atoms with Crippen LogP contribution in [-0.4, -0.2) is 51.5 Å². The number of amides is 1. The van der Waals surface area contributed by atoms with E-state index in [1.807, 2.05) is 16.8 Å². The minimum atomic E-state index is -0.445. The smallest absolute Gasteiger partial charge is 0.233 e. The topological polar surface area (TPSA) is 59.7 Å². The number of aromatic nitrogens is 3. The number of imidazole rings is 1. The quantitative estimate of drug-likeness (QED) is 0.626. The number of carbonyl (C=O) groups excluding carboxylic acids is 1. The van der Waals surface area contributed by atoms with Crippen LogP contribution in [0.15, 0.2) is 49.1 Å². The highest BCUT2D eigenvalue weighted by atomic mass is 16.5. The number of hydrogen-bond donors (Lipinski definition) is 0. The Labute approximate surface area is 189 Å². The molecule has 6 heteroatoms. The van der Waals surface area contributed by atoms with Crippen molar-refractivity contribution in [3.05, 3.63) is 65.9 Å². The molecule has 2 aliphatic heterocycles. The Bertz CT molecular complexity index is 1070. The Balaban J connectivity index is 1.30. The summed E-state index contributed by atoms with van der Waals surface area (Å²) in [6, 6.07) is 8.55. The molecular weight excluding hydrogens is 400 g/mol. The highest BCUT2D eigenvalue weighted by molar-refractivity contribution is 5.88. The van der Waals surface area contributed by atoms with E-state index in [0.29, 0.717) is 25.0 Å². The zero-order chi connectivity index (χ0) is 22.0. The van der Waals surface area contributed by atoms with Gasteiger partial charge in [-0.15, -0.1) is 0 Å². The zero-order valence-corrected chi connectivity index (χ0v) is 18.9. The van der Waals surface area contributed by atoms with E-state index in [2.05, 4.69) is 52.3 Å². The van der Waals surface area contributed by atoms with E-state index in [0.717, 1.165) is 68.5 Å². The Morgan fingerprint density at radius 1 is 1.12 bits per heavy atom. The molecule has 0 spiro atoms. The maximum Gasteiger partial charge on any atom is 0.233 e. The van der Waals surface area contributed by atoms with Gasteiger partial charge >= 0.3 is 0 Å². The molecule has 0 aliphatic carbocycles. The summed E-state index contributed by atoms with van der Waals surface area (Å²) in [7, 11) is 0. The van der Waals surface area contributed by atoms with Gasteiger partial charge in [-0.25, -0.2) is 4.98 Å². The largest absolute Gasteiger partial charge is 0.381 e. The van der Waals surface area contributed by atoms with Crippen LogP contribution in [0.4, 0.5) is 0 Å². The first-order valence-corrected chi connectivity index (χ1v) is 11.9. The Morgan fingerprint density at radius 2 is 1.94 bits per heavy atom. The van der Waals surface area contributed by atoms with E-state index in [9.17, 15) is 4.79 Å². The Hall–Kier alpha value is -2.73. The number of likely N-dealkylation sites (tertiary alicyclic amines) is 1. The number of fused-ring (bicyclic) bond motifs is 1. The molecule has 0 radical (unpaired) electrons. The summed E-state index contributed by atoms with van der Waals surface area (Å²) in [5, 5.41) is 0. The maximum absolute atomic E-state index is 13.9. The van der Waals surface area contributed by atoms with Gasteiger partial charge in [0.05, 0.1) is 17.3 Å². The first-order chi connectivity index (χ1) is 15.6. The van der Waals surface area contributed by atoms with Crippen LogP contribution in [0.2, 0.25) is 0 Å². The summed E-state index contributed by atoms with van der Waals surface area (Å²) >= 11 is 0. The molecule has 168 valence electrons. The van der Waals surface area contributed by atoms with E-state index in [1.165, 1.54) is 5.56 Å². The highest BCUT2D eigenvalue weighted by Gasteiger charge is 2.44. The normalized spacial score (nSPS) is 21.4. The molecule has 1 atom stereocenters. The second-order valence-corrected chi connectivity index (χ2v) is 9.43. The van der Waals surface area contributed by atoms with Gasteiger partial charge in [0.15, 0.2) is 5.65 Å². The molecule has 1 aromatic carbocycles. The van der Waals surface area contributed by atoms with E-state index in [1.54, 1.807) is 6.20 Å². The van der Waals surface area contributed by atoms with Gasteiger partial charge in [0.25, 0.3) is 0 Å². The predicted octanol–water partition coefficient (Wildman–Crippen LogP) is 3.96. The molecule has 3 aromatic rings. The summed E-state index contributed by atoms with van der Waals surface area (Å²) in [5.74, 6) is 0.842. The average Bonchev–Trinajstić information content (AvgIpc) is 3.17. The number of ether oxygens (including phenoxy) is 1. The molecule has 4 heterocycles. The number of carbonyl (C=O) groups is 1. The monoisotopic (exact) mass is 432 g/mol. The molecule has 0 bridgehead atoms. The van der Waals surface area contributed by atoms with E-state index < -0.39 is 5.41 Å². The molecule has 6 nitrogen and oxygen atoms in total. The van der Waals surface area contributed by atoms with Crippen LogP contribution in [0.25, 0.3) is 5.65 Å². The van der Waals surface area contributed by atoms with Crippen LogP contribution >= 0.6 is 0 Å². The number of hydrogen-bond acceptors (Lipinski definition) is 4. The lowest BCUT2D eigenvalue weighted by molar-refractivity contribution is -0.141.